The Morgan fingerprint density at radius 1 is 1.30 bits per heavy atom. The van der Waals surface area contributed by atoms with Crippen LogP contribution in [-0.2, 0) is 14.3 Å². The normalized spacial score (nSPS) is 31.0. The summed E-state index contributed by atoms with van der Waals surface area (Å²) in [5, 5.41) is 29.9. The van der Waals surface area contributed by atoms with Crippen molar-refractivity contribution in [1.82, 2.24) is 0 Å². The van der Waals surface area contributed by atoms with E-state index in [1.807, 2.05) is 6.07 Å². The largest absolute Gasteiger partial charge is 0.469 e. The number of benzene rings is 1. The Morgan fingerprint density at radius 2 is 1.95 bits per heavy atom. The maximum atomic E-state index is 11.1. The van der Waals surface area contributed by atoms with E-state index in [1.54, 1.807) is 24.3 Å². The maximum absolute atomic E-state index is 11.1. The lowest BCUT2D eigenvalue weighted by Gasteiger charge is -2.20. The molecule has 6 nitrogen and oxygen atoms in total. The lowest BCUT2D eigenvalue weighted by atomic mass is 9.99. The maximum Gasteiger partial charge on any atom is 0.308 e. The fourth-order valence-electron chi connectivity index (χ4n) is 2.31. The number of carbonyl (C=O) groups excluding carboxylic acids is 1. The van der Waals surface area contributed by atoms with Crippen LogP contribution >= 0.6 is 0 Å². The molecule has 1 aliphatic rings. The van der Waals surface area contributed by atoms with Crippen LogP contribution in [0.2, 0.25) is 0 Å². The summed E-state index contributed by atoms with van der Waals surface area (Å²) in [6.07, 6.45) is -5.72. The van der Waals surface area contributed by atoms with Gasteiger partial charge in [-0.05, 0) is 5.56 Å². The average Bonchev–Trinajstić information content (AvgIpc) is 2.76. The molecule has 1 saturated heterocycles. The molecule has 3 N–H and O–H groups in total. The Morgan fingerprint density at radius 3 is 2.55 bits per heavy atom. The lowest BCUT2D eigenvalue weighted by Crippen LogP contribution is -2.39. The van der Waals surface area contributed by atoms with Crippen LogP contribution in [0.25, 0.3) is 0 Å². The molecule has 0 unspecified atom stereocenters. The first-order chi connectivity index (χ1) is 9.54. The van der Waals surface area contributed by atoms with Gasteiger partial charge in [0.05, 0.1) is 19.6 Å². The van der Waals surface area contributed by atoms with E-state index < -0.39 is 36.5 Å². The van der Waals surface area contributed by atoms with E-state index >= 15 is 0 Å². The van der Waals surface area contributed by atoms with E-state index in [1.165, 1.54) is 7.11 Å². The van der Waals surface area contributed by atoms with Gasteiger partial charge in [-0.2, -0.15) is 0 Å². The Balaban J connectivity index is 2.09. The number of aliphatic hydroxyl groups is 3. The first kappa shape index (κ1) is 14.9. The molecule has 0 aromatic heterocycles. The molecule has 1 aromatic carbocycles. The monoisotopic (exact) mass is 282 g/mol. The van der Waals surface area contributed by atoms with Gasteiger partial charge < -0.3 is 24.8 Å². The zero-order valence-corrected chi connectivity index (χ0v) is 11.0. The molecule has 6 heteroatoms. The smallest absolute Gasteiger partial charge is 0.308 e. The second-order valence-electron chi connectivity index (χ2n) is 4.76. The van der Waals surface area contributed by atoms with Crippen LogP contribution in [0.5, 0.6) is 0 Å². The first-order valence-corrected chi connectivity index (χ1v) is 6.36. The Bertz CT molecular complexity index is 448. The summed E-state index contributed by atoms with van der Waals surface area (Å²) in [6.45, 7) is 0. The Labute approximate surface area is 116 Å². The van der Waals surface area contributed by atoms with E-state index in [9.17, 15) is 20.1 Å². The number of carbonyl (C=O) groups is 1. The number of hydrogen-bond donors (Lipinski definition) is 3. The predicted molar refractivity (Wildman–Crippen MR) is 68.7 cm³/mol. The molecule has 20 heavy (non-hydrogen) atoms. The van der Waals surface area contributed by atoms with Crippen LogP contribution in [0.3, 0.4) is 0 Å². The summed E-state index contributed by atoms with van der Waals surface area (Å²) in [5.41, 5.74) is 0.701. The fraction of sp³-hybridized carbons (Fsp3) is 0.500. The van der Waals surface area contributed by atoms with Crippen LogP contribution in [0.15, 0.2) is 30.3 Å². The average molecular weight is 282 g/mol. The number of ether oxygens (including phenoxy) is 2. The van der Waals surface area contributed by atoms with E-state index in [4.69, 9.17) is 4.74 Å². The lowest BCUT2D eigenvalue weighted by molar-refractivity contribution is -0.146. The van der Waals surface area contributed by atoms with Gasteiger partial charge in [-0.3, -0.25) is 4.79 Å². The van der Waals surface area contributed by atoms with Crippen LogP contribution in [0.1, 0.15) is 18.1 Å². The third-order valence-electron chi connectivity index (χ3n) is 3.41. The summed E-state index contributed by atoms with van der Waals surface area (Å²) < 4.78 is 9.98. The van der Waals surface area contributed by atoms with Crippen molar-refractivity contribution in [2.24, 2.45) is 0 Å². The third kappa shape index (κ3) is 2.99. The highest BCUT2D eigenvalue weighted by atomic mass is 16.6. The Hall–Kier alpha value is -1.47. The van der Waals surface area contributed by atoms with Crippen molar-refractivity contribution in [3.63, 3.8) is 0 Å². The van der Waals surface area contributed by atoms with Crippen LogP contribution in [-0.4, -0.2) is 52.8 Å². The van der Waals surface area contributed by atoms with E-state index in [0.717, 1.165) is 0 Å². The summed E-state index contributed by atoms with van der Waals surface area (Å²) in [4.78, 5) is 11.1. The summed E-state index contributed by atoms with van der Waals surface area (Å²) in [5.74, 6) is -0.606. The van der Waals surface area contributed by atoms with Gasteiger partial charge in [0.15, 0.2) is 0 Å². The van der Waals surface area contributed by atoms with Crippen molar-refractivity contribution in [2.75, 3.05) is 7.11 Å². The van der Waals surface area contributed by atoms with Crippen LogP contribution < -0.4 is 0 Å². The molecule has 110 valence electrons. The number of esters is 1. The van der Waals surface area contributed by atoms with Gasteiger partial charge in [0.2, 0.25) is 0 Å². The zero-order chi connectivity index (χ0) is 14.7. The summed E-state index contributed by atoms with van der Waals surface area (Å²) in [6, 6.07) is 8.92. The molecular formula is C14H18O6. The zero-order valence-electron chi connectivity index (χ0n) is 11.0. The molecule has 0 bridgehead atoms. The van der Waals surface area contributed by atoms with Gasteiger partial charge in [-0.15, -0.1) is 0 Å². The number of hydrogen-bond acceptors (Lipinski definition) is 6. The van der Waals surface area contributed by atoms with Crippen LogP contribution in [0, 0.1) is 0 Å². The summed E-state index contributed by atoms with van der Waals surface area (Å²) in [7, 11) is 1.21. The van der Waals surface area contributed by atoms with Gasteiger partial charge in [0.1, 0.15) is 24.4 Å². The molecule has 0 spiro atoms. The molecule has 1 aromatic rings. The second kappa shape index (κ2) is 6.32. The molecule has 1 fully saturated rings. The minimum Gasteiger partial charge on any atom is -0.469 e. The van der Waals surface area contributed by atoms with E-state index in [0.29, 0.717) is 5.56 Å². The van der Waals surface area contributed by atoms with Crippen molar-refractivity contribution >= 4 is 5.97 Å². The minimum atomic E-state index is -1.26. The summed E-state index contributed by atoms with van der Waals surface area (Å²) >= 11 is 0. The highest BCUT2D eigenvalue weighted by molar-refractivity contribution is 5.69. The molecule has 2 rings (SSSR count). The van der Waals surface area contributed by atoms with Crippen molar-refractivity contribution in [1.29, 1.82) is 0 Å². The molecule has 0 saturated carbocycles. The third-order valence-corrected chi connectivity index (χ3v) is 3.41. The van der Waals surface area contributed by atoms with Crippen LogP contribution in [0.4, 0.5) is 0 Å². The van der Waals surface area contributed by atoms with E-state index in [-0.39, 0.29) is 6.42 Å². The second-order valence-corrected chi connectivity index (χ2v) is 4.76. The number of methoxy groups -OCH3 is 1. The first-order valence-electron chi connectivity index (χ1n) is 6.36. The molecule has 0 radical (unpaired) electrons. The molecule has 1 aliphatic heterocycles. The standard InChI is InChI=1S/C14H18O6/c1-19-10(16)7-9(15)14-12(18)11(17)13(20-14)8-5-3-2-4-6-8/h2-6,9,11-15,17-18H,7H2,1H3/t9-,11+,12-,13+,14-/m0/s1. The van der Waals surface area contributed by atoms with Gasteiger partial charge >= 0.3 is 5.97 Å². The molecule has 0 aliphatic carbocycles. The van der Waals surface area contributed by atoms with Crippen molar-refractivity contribution in [3.8, 4) is 0 Å². The van der Waals surface area contributed by atoms with Gasteiger partial charge in [-0.1, -0.05) is 30.3 Å². The van der Waals surface area contributed by atoms with Crippen molar-refractivity contribution in [2.45, 2.75) is 36.9 Å². The topological polar surface area (TPSA) is 96.2 Å². The molecule has 0 amide bonds. The molecule has 5 atom stereocenters. The SMILES string of the molecule is COC(=O)C[C@H](O)[C@@H]1O[C@H](c2ccccc2)[C@H](O)[C@@H]1O. The van der Waals surface area contributed by atoms with E-state index in [2.05, 4.69) is 4.74 Å². The fourth-order valence-corrected chi connectivity index (χ4v) is 2.31. The highest BCUT2D eigenvalue weighted by Gasteiger charge is 2.46. The highest BCUT2D eigenvalue weighted by Crippen LogP contribution is 2.35. The van der Waals surface area contributed by atoms with Crippen molar-refractivity contribution in [3.05, 3.63) is 35.9 Å². The number of rotatable bonds is 4. The quantitative estimate of drug-likeness (QED) is 0.660. The number of aliphatic hydroxyl groups excluding tert-OH is 3. The minimum absolute atomic E-state index is 0.299. The van der Waals surface area contributed by atoms with Gasteiger partial charge in [-0.25, -0.2) is 0 Å². The van der Waals surface area contributed by atoms with Gasteiger partial charge in [0, 0.05) is 0 Å². The van der Waals surface area contributed by atoms with Gasteiger partial charge in [0.25, 0.3) is 0 Å². The molecular weight excluding hydrogens is 264 g/mol. The molecule has 1 heterocycles. The Kier molecular flexibility index (Phi) is 4.72. The predicted octanol–water partition coefficient (Wildman–Crippen LogP) is -0.228. The van der Waals surface area contributed by atoms with Crippen molar-refractivity contribution < 1.29 is 29.6 Å².